The second-order valence-corrected chi connectivity index (χ2v) is 8.38. The van der Waals surface area contributed by atoms with Gasteiger partial charge < -0.3 is 14.6 Å². The smallest absolute Gasteiger partial charge is 0.234 e. The number of hydrogen-bond acceptors (Lipinski definition) is 5. The molecule has 0 bridgehead atoms. The van der Waals surface area contributed by atoms with Crippen LogP contribution in [0.15, 0.2) is 90.1 Å². The Morgan fingerprint density at radius 2 is 1.58 bits per heavy atom. The Morgan fingerprint density at radius 1 is 0.909 bits per heavy atom. The number of carbonyl (C=O) groups excluding carboxylic acids is 1. The van der Waals surface area contributed by atoms with Crippen molar-refractivity contribution < 1.29 is 9.53 Å². The van der Waals surface area contributed by atoms with Gasteiger partial charge in [-0.25, -0.2) is 0 Å². The minimum Gasteiger partial charge on any atom is -0.489 e. The molecule has 1 amide bonds. The fraction of sp³-hybridized carbons (Fsp3) is 0.192. The van der Waals surface area contributed by atoms with Crippen LogP contribution in [0.5, 0.6) is 5.75 Å². The van der Waals surface area contributed by atoms with E-state index in [9.17, 15) is 4.79 Å². The molecule has 0 fully saturated rings. The average molecular weight is 459 g/mol. The Morgan fingerprint density at radius 3 is 2.24 bits per heavy atom. The highest BCUT2D eigenvalue weighted by molar-refractivity contribution is 7.99. The van der Waals surface area contributed by atoms with Crippen LogP contribution in [-0.4, -0.2) is 26.4 Å². The standard InChI is InChI=1S/C26H26N4O2S/c1-2-30-24(17-20-9-5-3-6-10-20)28-29-26(30)33-19-25(31)27-22-13-15-23(16-14-22)32-18-21-11-7-4-8-12-21/h3-16H,2,17-19H2,1H3,(H,27,31). The van der Waals surface area contributed by atoms with Gasteiger partial charge in [-0.1, -0.05) is 72.4 Å². The number of ether oxygens (including phenoxy) is 1. The van der Waals surface area contributed by atoms with Gasteiger partial charge in [-0.2, -0.15) is 0 Å². The first-order valence-corrected chi connectivity index (χ1v) is 11.9. The largest absolute Gasteiger partial charge is 0.489 e. The number of nitrogens with one attached hydrogen (secondary N) is 1. The normalized spacial score (nSPS) is 10.7. The third-order valence-corrected chi connectivity index (χ3v) is 6.00. The van der Waals surface area contributed by atoms with Gasteiger partial charge in [0.15, 0.2) is 5.16 Å². The van der Waals surface area contributed by atoms with E-state index in [-0.39, 0.29) is 11.7 Å². The van der Waals surface area contributed by atoms with Crippen LogP contribution < -0.4 is 10.1 Å². The van der Waals surface area contributed by atoms with E-state index in [1.165, 1.54) is 17.3 Å². The van der Waals surface area contributed by atoms with Gasteiger partial charge in [0, 0.05) is 18.7 Å². The van der Waals surface area contributed by atoms with E-state index in [1.807, 2.05) is 72.8 Å². The molecule has 0 aliphatic rings. The third kappa shape index (κ3) is 6.46. The molecular weight excluding hydrogens is 432 g/mol. The Kier molecular flexibility index (Phi) is 7.76. The number of aromatic nitrogens is 3. The van der Waals surface area contributed by atoms with Crippen molar-refractivity contribution in [2.75, 3.05) is 11.1 Å². The molecule has 0 aliphatic heterocycles. The second kappa shape index (κ2) is 11.3. The van der Waals surface area contributed by atoms with Crippen molar-refractivity contribution in [3.8, 4) is 5.75 Å². The lowest BCUT2D eigenvalue weighted by Gasteiger charge is -2.09. The minimum absolute atomic E-state index is 0.0896. The average Bonchev–Trinajstić information content (AvgIpc) is 3.25. The van der Waals surface area contributed by atoms with Crippen LogP contribution in [0.4, 0.5) is 5.69 Å². The molecule has 0 spiro atoms. The molecule has 0 atom stereocenters. The highest BCUT2D eigenvalue weighted by atomic mass is 32.2. The molecule has 0 radical (unpaired) electrons. The van der Waals surface area contributed by atoms with E-state index in [4.69, 9.17) is 4.74 Å². The maximum Gasteiger partial charge on any atom is 0.234 e. The summed E-state index contributed by atoms with van der Waals surface area (Å²) in [5.41, 5.74) is 3.03. The van der Waals surface area contributed by atoms with E-state index >= 15 is 0 Å². The summed E-state index contributed by atoms with van der Waals surface area (Å²) in [5.74, 6) is 1.83. The van der Waals surface area contributed by atoms with Crippen LogP contribution in [0.2, 0.25) is 0 Å². The Balaban J connectivity index is 1.28. The van der Waals surface area contributed by atoms with Gasteiger partial charge in [0.25, 0.3) is 0 Å². The topological polar surface area (TPSA) is 69.0 Å². The van der Waals surface area contributed by atoms with E-state index in [0.29, 0.717) is 13.0 Å². The summed E-state index contributed by atoms with van der Waals surface area (Å²) < 4.78 is 7.85. The molecule has 168 valence electrons. The summed E-state index contributed by atoms with van der Waals surface area (Å²) >= 11 is 1.39. The predicted molar refractivity (Wildman–Crippen MR) is 132 cm³/mol. The SMILES string of the molecule is CCn1c(Cc2ccccc2)nnc1SCC(=O)Nc1ccc(OCc2ccccc2)cc1. The molecule has 33 heavy (non-hydrogen) atoms. The fourth-order valence-corrected chi connectivity index (χ4v) is 4.18. The van der Waals surface area contributed by atoms with Gasteiger partial charge in [0.2, 0.25) is 5.91 Å². The first-order valence-electron chi connectivity index (χ1n) is 10.9. The molecule has 0 unspecified atom stereocenters. The van der Waals surface area contributed by atoms with E-state index in [0.717, 1.165) is 34.5 Å². The summed E-state index contributed by atoms with van der Waals surface area (Å²) in [7, 11) is 0. The molecule has 1 N–H and O–H groups in total. The van der Waals surface area contributed by atoms with Gasteiger partial charge in [-0.3, -0.25) is 4.79 Å². The highest BCUT2D eigenvalue weighted by Crippen LogP contribution is 2.21. The van der Waals surface area contributed by atoms with Crippen molar-refractivity contribution in [3.63, 3.8) is 0 Å². The number of benzene rings is 3. The lowest BCUT2D eigenvalue weighted by Crippen LogP contribution is -2.14. The lowest BCUT2D eigenvalue weighted by molar-refractivity contribution is -0.113. The molecule has 0 saturated carbocycles. The quantitative estimate of drug-likeness (QED) is 0.331. The van der Waals surface area contributed by atoms with Crippen molar-refractivity contribution in [1.82, 2.24) is 14.8 Å². The van der Waals surface area contributed by atoms with Crippen LogP contribution >= 0.6 is 11.8 Å². The number of rotatable bonds is 10. The number of anilines is 1. The number of thioether (sulfide) groups is 1. The molecule has 1 heterocycles. The van der Waals surface area contributed by atoms with E-state index < -0.39 is 0 Å². The van der Waals surface area contributed by atoms with Gasteiger partial charge >= 0.3 is 0 Å². The van der Waals surface area contributed by atoms with Crippen molar-refractivity contribution in [2.24, 2.45) is 0 Å². The number of carbonyl (C=O) groups is 1. The first kappa shape index (κ1) is 22.6. The molecule has 0 saturated heterocycles. The third-order valence-electron chi connectivity index (χ3n) is 5.03. The van der Waals surface area contributed by atoms with Crippen LogP contribution in [0.3, 0.4) is 0 Å². The zero-order valence-corrected chi connectivity index (χ0v) is 19.3. The van der Waals surface area contributed by atoms with Gasteiger partial charge in [-0.05, 0) is 42.3 Å². The summed E-state index contributed by atoms with van der Waals surface area (Å²) in [4.78, 5) is 12.5. The zero-order chi connectivity index (χ0) is 22.9. The fourth-order valence-electron chi connectivity index (χ4n) is 3.36. The summed E-state index contributed by atoms with van der Waals surface area (Å²) in [6.45, 7) is 3.32. The molecular formula is C26H26N4O2S. The Bertz CT molecular complexity index is 1160. The van der Waals surface area contributed by atoms with Gasteiger partial charge in [0.1, 0.15) is 18.2 Å². The van der Waals surface area contributed by atoms with Gasteiger partial charge in [0.05, 0.1) is 5.75 Å². The predicted octanol–water partition coefficient (Wildman–Crippen LogP) is 5.20. The first-order chi connectivity index (χ1) is 16.2. The Hall–Kier alpha value is -3.58. The zero-order valence-electron chi connectivity index (χ0n) is 18.5. The molecule has 3 aromatic carbocycles. The molecule has 1 aromatic heterocycles. The maximum absolute atomic E-state index is 12.5. The minimum atomic E-state index is -0.0896. The summed E-state index contributed by atoms with van der Waals surface area (Å²) in [6.07, 6.45) is 0.715. The van der Waals surface area contributed by atoms with Gasteiger partial charge in [-0.15, -0.1) is 10.2 Å². The summed E-state index contributed by atoms with van der Waals surface area (Å²) in [6, 6.07) is 27.6. The molecule has 4 rings (SSSR count). The number of hydrogen-bond donors (Lipinski definition) is 1. The van der Waals surface area contributed by atoms with E-state index in [1.54, 1.807) is 0 Å². The summed E-state index contributed by atoms with van der Waals surface area (Å²) in [5, 5.41) is 12.3. The monoisotopic (exact) mass is 458 g/mol. The van der Waals surface area contributed by atoms with Crippen molar-refractivity contribution in [3.05, 3.63) is 102 Å². The highest BCUT2D eigenvalue weighted by Gasteiger charge is 2.13. The lowest BCUT2D eigenvalue weighted by atomic mass is 10.1. The molecule has 6 nitrogen and oxygen atoms in total. The van der Waals surface area contributed by atoms with Crippen LogP contribution in [0, 0.1) is 0 Å². The Labute approximate surface area is 198 Å². The van der Waals surface area contributed by atoms with E-state index in [2.05, 4.69) is 39.1 Å². The molecule has 0 aliphatic carbocycles. The number of amides is 1. The number of nitrogens with zero attached hydrogens (tertiary/aromatic N) is 3. The van der Waals surface area contributed by atoms with Crippen molar-refractivity contribution in [1.29, 1.82) is 0 Å². The van der Waals surface area contributed by atoms with Crippen molar-refractivity contribution >= 4 is 23.4 Å². The van der Waals surface area contributed by atoms with Crippen LogP contribution in [0.25, 0.3) is 0 Å². The van der Waals surface area contributed by atoms with Crippen molar-refractivity contribution in [2.45, 2.75) is 31.7 Å². The maximum atomic E-state index is 12.5. The second-order valence-electron chi connectivity index (χ2n) is 7.44. The molecule has 4 aromatic rings. The van der Waals surface area contributed by atoms with Crippen LogP contribution in [-0.2, 0) is 24.4 Å². The van der Waals surface area contributed by atoms with Crippen LogP contribution in [0.1, 0.15) is 23.9 Å². The molecule has 7 heteroatoms.